The lowest BCUT2D eigenvalue weighted by Crippen LogP contribution is -2.15. The number of benzene rings is 2. The van der Waals surface area contributed by atoms with Gasteiger partial charge >= 0.3 is 5.97 Å². The molecule has 28 heavy (non-hydrogen) atoms. The van der Waals surface area contributed by atoms with Crippen molar-refractivity contribution >= 4 is 23.4 Å². The monoisotopic (exact) mass is 400 g/mol. The third-order valence-corrected chi connectivity index (χ3v) is 4.73. The molecule has 5 nitrogen and oxygen atoms in total. The molecule has 0 saturated heterocycles. The number of esters is 1. The molecule has 7 heteroatoms. The second-order valence-electron chi connectivity index (χ2n) is 6.30. The molecule has 0 fully saturated rings. The number of aryl methyl sites for hydroxylation is 1. The first-order valence-electron chi connectivity index (χ1n) is 8.60. The van der Waals surface area contributed by atoms with Gasteiger partial charge in [0.25, 0.3) is 0 Å². The summed E-state index contributed by atoms with van der Waals surface area (Å²) in [4.78, 5) is 24.6. The average Bonchev–Trinajstić information content (AvgIpc) is 2.95. The highest BCUT2D eigenvalue weighted by Gasteiger charge is 2.21. The van der Waals surface area contributed by atoms with E-state index in [0.717, 1.165) is 5.56 Å². The lowest BCUT2D eigenvalue weighted by atomic mass is 10.1. The van der Waals surface area contributed by atoms with E-state index in [0.29, 0.717) is 28.5 Å². The normalized spacial score (nSPS) is 10.7. The van der Waals surface area contributed by atoms with Gasteiger partial charge in [-0.1, -0.05) is 29.8 Å². The summed E-state index contributed by atoms with van der Waals surface area (Å²) in [6, 6.07) is 12.5. The van der Waals surface area contributed by atoms with Crippen molar-refractivity contribution in [1.82, 2.24) is 9.78 Å². The van der Waals surface area contributed by atoms with Gasteiger partial charge in [0.2, 0.25) is 0 Å². The van der Waals surface area contributed by atoms with Gasteiger partial charge in [0, 0.05) is 10.6 Å². The molecule has 3 aromatic rings. The number of hydrogen-bond donors (Lipinski definition) is 0. The molecule has 0 amide bonds. The lowest BCUT2D eigenvalue weighted by molar-refractivity contribution is 0.0473. The first kappa shape index (κ1) is 19.8. The summed E-state index contributed by atoms with van der Waals surface area (Å²) in [6.07, 6.45) is 0. The molecule has 3 rings (SSSR count). The highest BCUT2D eigenvalue weighted by Crippen LogP contribution is 2.20. The second-order valence-corrected chi connectivity index (χ2v) is 6.71. The largest absolute Gasteiger partial charge is 0.454 e. The van der Waals surface area contributed by atoms with E-state index in [1.54, 1.807) is 24.6 Å². The highest BCUT2D eigenvalue weighted by molar-refractivity contribution is 6.31. The number of ketones is 1. The van der Waals surface area contributed by atoms with E-state index in [1.807, 2.05) is 18.2 Å². The van der Waals surface area contributed by atoms with Gasteiger partial charge in [-0.2, -0.15) is 5.10 Å². The molecular weight excluding hydrogens is 383 g/mol. The summed E-state index contributed by atoms with van der Waals surface area (Å²) in [6.45, 7) is 3.44. The number of rotatable bonds is 6. The molecule has 1 aromatic heterocycles. The fourth-order valence-corrected chi connectivity index (χ4v) is 3.05. The van der Waals surface area contributed by atoms with E-state index in [1.165, 1.54) is 24.3 Å². The fraction of sp³-hybridized carbons (Fsp3) is 0.190. The number of hydrogen-bond acceptors (Lipinski definition) is 4. The van der Waals surface area contributed by atoms with Crippen LogP contribution in [0.1, 0.15) is 37.7 Å². The van der Waals surface area contributed by atoms with E-state index in [4.69, 9.17) is 16.3 Å². The van der Waals surface area contributed by atoms with Crippen LogP contribution in [-0.4, -0.2) is 28.1 Å². The lowest BCUT2D eigenvalue weighted by Gasteiger charge is -2.08. The molecule has 2 aromatic carbocycles. The van der Waals surface area contributed by atoms with Crippen molar-refractivity contribution in [1.29, 1.82) is 0 Å². The minimum atomic E-state index is -0.629. The molecule has 0 atom stereocenters. The molecular formula is C21H18ClFN2O3. The summed E-state index contributed by atoms with van der Waals surface area (Å²) in [5.41, 5.74) is 2.60. The quantitative estimate of drug-likeness (QED) is 0.455. The van der Waals surface area contributed by atoms with Crippen molar-refractivity contribution in [3.63, 3.8) is 0 Å². The van der Waals surface area contributed by atoms with Gasteiger partial charge in [-0.05, 0) is 49.7 Å². The van der Waals surface area contributed by atoms with Crippen LogP contribution in [0.2, 0.25) is 5.02 Å². The summed E-state index contributed by atoms with van der Waals surface area (Å²) < 4.78 is 19.8. The van der Waals surface area contributed by atoms with Crippen LogP contribution in [0.3, 0.4) is 0 Å². The number of halogens is 2. The van der Waals surface area contributed by atoms with Gasteiger partial charge in [-0.25, -0.2) is 9.18 Å². The Hall–Kier alpha value is -2.99. The number of Topliss-reactive ketones (excluding diaryl/α,β-unsaturated/α-hetero) is 1. The van der Waals surface area contributed by atoms with Gasteiger partial charge in [-0.3, -0.25) is 9.48 Å². The average molecular weight is 401 g/mol. The predicted octanol–water partition coefficient (Wildman–Crippen LogP) is 4.38. The number of carbonyl (C=O) groups excluding carboxylic acids is 2. The predicted molar refractivity (Wildman–Crippen MR) is 103 cm³/mol. The molecule has 0 aliphatic carbocycles. The topological polar surface area (TPSA) is 61.2 Å². The SMILES string of the molecule is Cc1nn(Cc2ccccc2Cl)c(C)c1C(=O)OCC(=O)c1ccc(F)cc1. The van der Waals surface area contributed by atoms with E-state index in [2.05, 4.69) is 5.10 Å². The number of nitrogens with zero attached hydrogens (tertiary/aromatic N) is 2. The number of ether oxygens (including phenoxy) is 1. The van der Waals surface area contributed by atoms with Gasteiger partial charge in [-0.15, -0.1) is 0 Å². The van der Waals surface area contributed by atoms with Crippen molar-refractivity contribution in [2.75, 3.05) is 6.61 Å². The molecule has 0 spiro atoms. The van der Waals surface area contributed by atoms with Crippen molar-refractivity contribution in [3.8, 4) is 0 Å². The maximum Gasteiger partial charge on any atom is 0.342 e. The minimum absolute atomic E-state index is 0.275. The summed E-state index contributed by atoms with van der Waals surface area (Å²) in [7, 11) is 0. The van der Waals surface area contributed by atoms with Crippen molar-refractivity contribution < 1.29 is 18.7 Å². The number of carbonyl (C=O) groups is 2. The molecule has 0 aliphatic heterocycles. The zero-order valence-electron chi connectivity index (χ0n) is 15.4. The van der Waals surface area contributed by atoms with Crippen molar-refractivity contribution in [3.05, 3.63) is 87.4 Å². The summed E-state index contributed by atoms with van der Waals surface area (Å²) in [5.74, 6) is -1.48. The fourth-order valence-electron chi connectivity index (χ4n) is 2.86. The maximum atomic E-state index is 12.9. The Balaban J connectivity index is 1.72. The van der Waals surface area contributed by atoms with Gasteiger partial charge < -0.3 is 4.74 Å². The molecule has 0 saturated carbocycles. The maximum absolute atomic E-state index is 12.9. The third-order valence-electron chi connectivity index (χ3n) is 4.36. The zero-order chi connectivity index (χ0) is 20.3. The molecule has 144 valence electrons. The van der Waals surface area contributed by atoms with Crippen LogP contribution in [0.5, 0.6) is 0 Å². The molecule has 0 aliphatic rings. The van der Waals surface area contributed by atoms with Crippen LogP contribution < -0.4 is 0 Å². The minimum Gasteiger partial charge on any atom is -0.454 e. The standard InChI is InChI=1S/C21H18ClFN2O3/c1-13-20(14(2)25(24-13)11-16-5-3-4-6-18(16)22)21(27)28-12-19(26)15-7-9-17(23)10-8-15/h3-10H,11-12H2,1-2H3. The first-order chi connectivity index (χ1) is 13.4. The Labute approximate surface area is 166 Å². The summed E-state index contributed by atoms with van der Waals surface area (Å²) in [5, 5.41) is 5.01. The van der Waals surface area contributed by atoms with Crippen LogP contribution in [0.4, 0.5) is 4.39 Å². The van der Waals surface area contributed by atoms with Crippen LogP contribution in [0.25, 0.3) is 0 Å². The van der Waals surface area contributed by atoms with Crippen LogP contribution in [0.15, 0.2) is 48.5 Å². The first-order valence-corrected chi connectivity index (χ1v) is 8.98. The Kier molecular flexibility index (Phi) is 5.90. The third kappa shape index (κ3) is 4.28. The van der Waals surface area contributed by atoms with Gasteiger partial charge in [0.15, 0.2) is 12.4 Å². The van der Waals surface area contributed by atoms with Gasteiger partial charge in [0.05, 0.1) is 17.9 Å². The van der Waals surface area contributed by atoms with Crippen LogP contribution in [0, 0.1) is 19.7 Å². The van der Waals surface area contributed by atoms with Crippen molar-refractivity contribution in [2.45, 2.75) is 20.4 Å². The van der Waals surface area contributed by atoms with E-state index < -0.39 is 24.2 Å². The zero-order valence-corrected chi connectivity index (χ0v) is 16.2. The van der Waals surface area contributed by atoms with E-state index >= 15 is 0 Å². The number of aromatic nitrogens is 2. The Morgan fingerprint density at radius 1 is 1.11 bits per heavy atom. The molecule has 0 unspecified atom stereocenters. The molecule has 0 N–H and O–H groups in total. The van der Waals surface area contributed by atoms with Crippen LogP contribution >= 0.6 is 11.6 Å². The Morgan fingerprint density at radius 3 is 2.46 bits per heavy atom. The van der Waals surface area contributed by atoms with Crippen LogP contribution in [-0.2, 0) is 11.3 Å². The smallest absolute Gasteiger partial charge is 0.342 e. The Bertz CT molecular complexity index is 1030. The highest BCUT2D eigenvalue weighted by atomic mass is 35.5. The van der Waals surface area contributed by atoms with Gasteiger partial charge in [0.1, 0.15) is 11.4 Å². The molecule has 0 bridgehead atoms. The second kappa shape index (κ2) is 8.35. The molecule has 1 heterocycles. The van der Waals surface area contributed by atoms with E-state index in [-0.39, 0.29) is 5.56 Å². The Morgan fingerprint density at radius 2 is 1.79 bits per heavy atom. The molecule has 0 radical (unpaired) electrons. The van der Waals surface area contributed by atoms with E-state index in [9.17, 15) is 14.0 Å². The summed E-state index contributed by atoms with van der Waals surface area (Å²) >= 11 is 6.19. The van der Waals surface area contributed by atoms with Crippen molar-refractivity contribution in [2.24, 2.45) is 0 Å².